The molecule has 0 saturated heterocycles. The fourth-order valence-corrected chi connectivity index (χ4v) is 2.99. The predicted molar refractivity (Wildman–Crippen MR) is 87.9 cm³/mol. The van der Waals surface area contributed by atoms with Crippen molar-refractivity contribution in [1.29, 1.82) is 0 Å². The summed E-state index contributed by atoms with van der Waals surface area (Å²) in [5.74, 6) is 1.43. The molecule has 4 nitrogen and oxygen atoms in total. The van der Waals surface area contributed by atoms with Gasteiger partial charge in [-0.2, -0.15) is 0 Å². The summed E-state index contributed by atoms with van der Waals surface area (Å²) in [6.45, 7) is 5.13. The molecule has 22 heavy (non-hydrogen) atoms. The number of fused-ring (bicyclic) bond motifs is 1. The van der Waals surface area contributed by atoms with E-state index in [9.17, 15) is 5.11 Å². The molecular weight excluding hydrogens is 276 g/mol. The summed E-state index contributed by atoms with van der Waals surface area (Å²) < 4.78 is 5.58. The molecular formula is C18H24N2O2. The van der Waals surface area contributed by atoms with Crippen molar-refractivity contribution < 1.29 is 9.52 Å². The van der Waals surface area contributed by atoms with Crippen LogP contribution in [-0.2, 0) is 5.60 Å². The van der Waals surface area contributed by atoms with Crippen LogP contribution in [0.15, 0.2) is 40.8 Å². The van der Waals surface area contributed by atoms with Gasteiger partial charge in [0, 0.05) is 24.8 Å². The average Bonchev–Trinajstić information content (AvgIpc) is 2.84. The Labute approximate surface area is 131 Å². The number of para-hydroxylation sites is 1. The van der Waals surface area contributed by atoms with Crippen LogP contribution in [0.4, 0.5) is 5.69 Å². The summed E-state index contributed by atoms with van der Waals surface area (Å²) in [5.41, 5.74) is 1.44. The average molecular weight is 300 g/mol. The number of hydrogen-bond acceptors (Lipinski definition) is 4. The fourth-order valence-electron chi connectivity index (χ4n) is 2.99. The zero-order valence-corrected chi connectivity index (χ0v) is 13.2. The quantitative estimate of drug-likeness (QED) is 0.810. The van der Waals surface area contributed by atoms with E-state index in [0.717, 1.165) is 25.1 Å². The van der Waals surface area contributed by atoms with Crippen LogP contribution >= 0.6 is 0 Å². The first kappa shape index (κ1) is 15.1. The summed E-state index contributed by atoms with van der Waals surface area (Å²) in [4.78, 5) is 0. The monoisotopic (exact) mass is 300 g/mol. The standard InChI is InChI=1S/C18H24N2O2/c1-13-9-10-17(22-13)18(2,21)12-20-16-8-5-11-19-15-7-4-3-6-14(15)16/h3-4,6-7,9-10,16,19-21H,5,8,11-12H2,1-2H3/t16-,18-/m1/s1. The normalized spacial score (nSPS) is 20.6. The number of rotatable bonds is 4. The van der Waals surface area contributed by atoms with Gasteiger partial charge in [-0.15, -0.1) is 0 Å². The van der Waals surface area contributed by atoms with E-state index in [4.69, 9.17) is 4.42 Å². The van der Waals surface area contributed by atoms with Crippen molar-refractivity contribution in [3.05, 3.63) is 53.5 Å². The first-order valence-corrected chi connectivity index (χ1v) is 7.92. The highest BCUT2D eigenvalue weighted by Crippen LogP contribution is 2.30. The summed E-state index contributed by atoms with van der Waals surface area (Å²) in [7, 11) is 0. The third-order valence-electron chi connectivity index (χ3n) is 4.29. The molecule has 0 bridgehead atoms. The Morgan fingerprint density at radius 2 is 2.14 bits per heavy atom. The van der Waals surface area contributed by atoms with Gasteiger partial charge in [0.15, 0.2) is 0 Å². The number of aliphatic hydroxyl groups is 1. The molecule has 3 N–H and O–H groups in total. The van der Waals surface area contributed by atoms with E-state index in [1.54, 1.807) is 6.92 Å². The van der Waals surface area contributed by atoms with Gasteiger partial charge in [0.1, 0.15) is 17.1 Å². The van der Waals surface area contributed by atoms with E-state index in [2.05, 4.69) is 34.9 Å². The van der Waals surface area contributed by atoms with Gasteiger partial charge in [-0.25, -0.2) is 0 Å². The van der Waals surface area contributed by atoms with Crippen LogP contribution in [0.5, 0.6) is 0 Å². The van der Waals surface area contributed by atoms with Crippen LogP contribution in [0.3, 0.4) is 0 Å². The van der Waals surface area contributed by atoms with Crippen LogP contribution in [0.2, 0.25) is 0 Å². The maximum Gasteiger partial charge on any atom is 0.136 e. The van der Waals surface area contributed by atoms with Gasteiger partial charge in [0.05, 0.1) is 0 Å². The third kappa shape index (κ3) is 3.18. The van der Waals surface area contributed by atoms with Crippen molar-refractivity contribution in [2.75, 3.05) is 18.4 Å². The minimum absolute atomic E-state index is 0.244. The Hall–Kier alpha value is -1.78. The van der Waals surface area contributed by atoms with Crippen molar-refractivity contribution in [1.82, 2.24) is 5.32 Å². The van der Waals surface area contributed by atoms with Crippen LogP contribution in [0.25, 0.3) is 0 Å². The molecule has 4 heteroatoms. The molecule has 2 aromatic rings. The maximum absolute atomic E-state index is 10.7. The Balaban J connectivity index is 1.73. The van der Waals surface area contributed by atoms with Crippen LogP contribution in [0.1, 0.15) is 42.9 Å². The third-order valence-corrected chi connectivity index (χ3v) is 4.29. The highest BCUT2D eigenvalue weighted by molar-refractivity contribution is 5.53. The molecule has 1 aliphatic rings. The van der Waals surface area contributed by atoms with Crippen LogP contribution in [0, 0.1) is 6.92 Å². The number of anilines is 1. The molecule has 0 amide bonds. The molecule has 0 fully saturated rings. The summed E-state index contributed by atoms with van der Waals surface area (Å²) in [5, 5.41) is 17.7. The smallest absolute Gasteiger partial charge is 0.136 e. The lowest BCUT2D eigenvalue weighted by Gasteiger charge is -2.26. The minimum Gasteiger partial charge on any atom is -0.463 e. The number of aryl methyl sites for hydroxylation is 1. The van der Waals surface area contributed by atoms with Crippen molar-refractivity contribution >= 4 is 5.69 Å². The zero-order valence-electron chi connectivity index (χ0n) is 13.2. The lowest BCUT2D eigenvalue weighted by molar-refractivity contribution is 0.0305. The van der Waals surface area contributed by atoms with Gasteiger partial charge in [0.25, 0.3) is 0 Å². The number of benzene rings is 1. The molecule has 1 aliphatic heterocycles. The number of nitrogens with one attached hydrogen (secondary N) is 2. The van der Waals surface area contributed by atoms with E-state index in [1.807, 2.05) is 19.1 Å². The first-order chi connectivity index (χ1) is 10.6. The van der Waals surface area contributed by atoms with Crippen molar-refractivity contribution in [3.8, 4) is 0 Å². The van der Waals surface area contributed by atoms with E-state index in [1.165, 1.54) is 11.3 Å². The zero-order chi connectivity index (χ0) is 15.6. The van der Waals surface area contributed by atoms with Gasteiger partial charge in [0.2, 0.25) is 0 Å². The SMILES string of the molecule is Cc1ccc([C@](C)(O)CN[C@@H]2CCCNc3ccccc32)o1. The molecule has 0 spiro atoms. The predicted octanol–water partition coefficient (Wildman–Crippen LogP) is 3.33. The Morgan fingerprint density at radius 1 is 1.32 bits per heavy atom. The lowest BCUT2D eigenvalue weighted by atomic mass is 9.99. The van der Waals surface area contributed by atoms with Gasteiger partial charge >= 0.3 is 0 Å². The van der Waals surface area contributed by atoms with Crippen molar-refractivity contribution in [3.63, 3.8) is 0 Å². The molecule has 1 aromatic heterocycles. The first-order valence-electron chi connectivity index (χ1n) is 7.92. The second-order valence-corrected chi connectivity index (χ2v) is 6.27. The van der Waals surface area contributed by atoms with Crippen molar-refractivity contribution in [2.45, 2.75) is 38.3 Å². The molecule has 3 rings (SSSR count). The molecule has 0 saturated carbocycles. The van der Waals surface area contributed by atoms with Crippen LogP contribution in [-0.4, -0.2) is 18.2 Å². The molecule has 118 valence electrons. The van der Waals surface area contributed by atoms with Crippen molar-refractivity contribution in [2.24, 2.45) is 0 Å². The van der Waals surface area contributed by atoms with Gasteiger partial charge in [-0.3, -0.25) is 0 Å². The molecule has 2 heterocycles. The van der Waals surface area contributed by atoms with Gasteiger partial charge < -0.3 is 20.2 Å². The second kappa shape index (κ2) is 6.15. The highest BCUT2D eigenvalue weighted by Gasteiger charge is 2.28. The molecule has 0 aliphatic carbocycles. The largest absolute Gasteiger partial charge is 0.463 e. The molecule has 2 atom stereocenters. The van der Waals surface area contributed by atoms with Gasteiger partial charge in [-0.1, -0.05) is 18.2 Å². The maximum atomic E-state index is 10.7. The highest BCUT2D eigenvalue weighted by atomic mass is 16.4. The van der Waals surface area contributed by atoms with Gasteiger partial charge in [-0.05, 0) is 50.5 Å². The van der Waals surface area contributed by atoms with E-state index in [0.29, 0.717) is 12.3 Å². The summed E-state index contributed by atoms with van der Waals surface area (Å²) in [6.07, 6.45) is 2.16. The Morgan fingerprint density at radius 3 is 2.91 bits per heavy atom. The number of furan rings is 1. The molecule has 0 unspecified atom stereocenters. The Kier molecular flexibility index (Phi) is 4.23. The number of hydrogen-bond donors (Lipinski definition) is 3. The topological polar surface area (TPSA) is 57.4 Å². The van der Waals surface area contributed by atoms with E-state index < -0.39 is 5.60 Å². The molecule has 0 radical (unpaired) electrons. The summed E-state index contributed by atoms with van der Waals surface area (Å²) >= 11 is 0. The fraction of sp³-hybridized carbons (Fsp3) is 0.444. The Bertz CT molecular complexity index is 634. The summed E-state index contributed by atoms with van der Waals surface area (Å²) in [6, 6.07) is 12.4. The lowest BCUT2D eigenvalue weighted by Crippen LogP contribution is -2.37. The van der Waals surface area contributed by atoms with Crippen LogP contribution < -0.4 is 10.6 Å². The molecule has 1 aromatic carbocycles. The van der Waals surface area contributed by atoms with E-state index >= 15 is 0 Å². The second-order valence-electron chi connectivity index (χ2n) is 6.27. The van der Waals surface area contributed by atoms with E-state index in [-0.39, 0.29) is 6.04 Å². The minimum atomic E-state index is -1.01.